The zero-order valence-electron chi connectivity index (χ0n) is 15.2. The van der Waals surface area contributed by atoms with Gasteiger partial charge in [-0.2, -0.15) is 0 Å². The second-order valence-electron chi connectivity index (χ2n) is 5.97. The van der Waals surface area contributed by atoms with Crippen LogP contribution in [0.5, 0.6) is 5.75 Å². The molecule has 0 saturated carbocycles. The molecule has 0 saturated heterocycles. The number of ether oxygens (including phenoxy) is 2. The van der Waals surface area contributed by atoms with Crippen molar-refractivity contribution in [2.45, 2.75) is 26.7 Å². The smallest absolute Gasteiger partial charge is 0.360 e. The molecule has 1 aromatic rings. The summed E-state index contributed by atoms with van der Waals surface area (Å²) in [6.07, 6.45) is 1.28. The van der Waals surface area contributed by atoms with Crippen LogP contribution in [0.15, 0.2) is 50.1 Å². The molecule has 0 aliphatic heterocycles. The van der Waals surface area contributed by atoms with Crippen molar-refractivity contribution in [2.75, 3.05) is 20.8 Å². The van der Waals surface area contributed by atoms with Crippen LogP contribution >= 0.6 is 27.5 Å². The van der Waals surface area contributed by atoms with Crippen molar-refractivity contribution in [1.82, 2.24) is 0 Å². The fraction of sp³-hybridized carbons (Fsp3) is 0.368. The molecule has 5 nitrogen and oxygen atoms in total. The molecule has 0 fully saturated rings. The first-order valence-electron chi connectivity index (χ1n) is 8.01. The van der Waals surface area contributed by atoms with Crippen molar-refractivity contribution < 1.29 is 19.1 Å². The fourth-order valence-corrected chi connectivity index (χ4v) is 3.40. The molecule has 7 heteroatoms. The van der Waals surface area contributed by atoms with Gasteiger partial charge in [-0.25, -0.2) is 4.79 Å². The molecule has 0 heterocycles. The Hall–Kier alpha value is -1.79. The molecule has 1 aromatic carbocycles. The fourth-order valence-electron chi connectivity index (χ4n) is 2.67. The number of methoxy groups -OCH3 is 1. The summed E-state index contributed by atoms with van der Waals surface area (Å²) in [5.41, 5.74) is 4.33. The lowest BCUT2D eigenvalue weighted by Crippen LogP contribution is -2.24. The van der Waals surface area contributed by atoms with Crippen LogP contribution in [0.3, 0.4) is 0 Å². The third kappa shape index (κ3) is 4.89. The monoisotopic (exact) mass is 441 g/mol. The normalized spacial score (nSPS) is 15.2. The minimum absolute atomic E-state index is 0.169. The summed E-state index contributed by atoms with van der Waals surface area (Å²) in [5, 5.41) is 4.40. The molecule has 0 unspecified atom stereocenters. The largest absolute Gasteiger partial charge is 0.488 e. The van der Waals surface area contributed by atoms with Gasteiger partial charge in [-0.15, -0.1) is 0 Å². The molecule has 0 atom stereocenters. The zero-order valence-corrected chi connectivity index (χ0v) is 17.5. The summed E-state index contributed by atoms with van der Waals surface area (Å²) >= 11 is 9.59. The standard InChI is InChI=1S/C19H21BrClNO4/c1-11-7-13(10-26-17-6-5-14(20)9-16(17)21)15(8-12(11)2)18(22-25-4)19(23)24-3/h5-6,9H,7-8,10H2,1-4H3/b22-18+. The van der Waals surface area contributed by atoms with Gasteiger partial charge in [0, 0.05) is 4.47 Å². The van der Waals surface area contributed by atoms with Crippen molar-refractivity contribution in [2.24, 2.45) is 5.16 Å². The van der Waals surface area contributed by atoms with Gasteiger partial charge in [0.1, 0.15) is 19.5 Å². The first kappa shape index (κ1) is 20.5. The van der Waals surface area contributed by atoms with Crippen molar-refractivity contribution >= 4 is 39.2 Å². The minimum atomic E-state index is -0.534. The van der Waals surface area contributed by atoms with E-state index in [2.05, 4.69) is 28.0 Å². The lowest BCUT2D eigenvalue weighted by atomic mass is 9.85. The van der Waals surface area contributed by atoms with E-state index in [1.165, 1.54) is 25.4 Å². The number of hydrogen-bond donors (Lipinski definition) is 0. The second kappa shape index (κ2) is 9.24. The molecular formula is C19H21BrClNO4. The Kier molecular flexibility index (Phi) is 7.29. The van der Waals surface area contributed by atoms with E-state index in [0.717, 1.165) is 15.6 Å². The molecule has 1 aliphatic carbocycles. The summed E-state index contributed by atoms with van der Waals surface area (Å²) < 4.78 is 11.6. The molecule has 0 amide bonds. The van der Waals surface area contributed by atoms with Crippen molar-refractivity contribution in [3.63, 3.8) is 0 Å². The number of oxime groups is 1. The van der Waals surface area contributed by atoms with Crippen LogP contribution in [-0.2, 0) is 14.4 Å². The number of esters is 1. The van der Waals surface area contributed by atoms with Crippen molar-refractivity contribution in [3.8, 4) is 5.75 Å². The van der Waals surface area contributed by atoms with E-state index in [-0.39, 0.29) is 5.71 Å². The van der Waals surface area contributed by atoms with Crippen molar-refractivity contribution in [1.29, 1.82) is 0 Å². The van der Waals surface area contributed by atoms with Crippen LogP contribution in [0.1, 0.15) is 26.7 Å². The van der Waals surface area contributed by atoms with Gasteiger partial charge in [-0.05, 0) is 56.0 Å². The predicted octanol–water partition coefficient (Wildman–Crippen LogP) is 5.08. The van der Waals surface area contributed by atoms with E-state index in [1.807, 2.05) is 13.0 Å². The SMILES string of the molecule is CO/N=C(/C(=O)OC)C1=C(COc2ccc(Br)cc2Cl)CC(C)=C(C)C1. The van der Waals surface area contributed by atoms with Crippen LogP contribution in [0.2, 0.25) is 5.02 Å². The highest BCUT2D eigenvalue weighted by atomic mass is 79.9. The van der Waals surface area contributed by atoms with Gasteiger partial charge < -0.3 is 14.3 Å². The lowest BCUT2D eigenvalue weighted by Gasteiger charge is -2.23. The number of allylic oxidation sites excluding steroid dienone is 2. The van der Waals surface area contributed by atoms with Crippen LogP contribution in [0.4, 0.5) is 0 Å². The Balaban J connectivity index is 2.34. The van der Waals surface area contributed by atoms with Crippen LogP contribution in [0, 0.1) is 0 Å². The van der Waals surface area contributed by atoms with E-state index in [1.54, 1.807) is 12.1 Å². The highest BCUT2D eigenvalue weighted by Gasteiger charge is 2.26. The quantitative estimate of drug-likeness (QED) is 0.267. The number of benzene rings is 1. The van der Waals surface area contributed by atoms with E-state index >= 15 is 0 Å². The Bertz CT molecular complexity index is 799. The van der Waals surface area contributed by atoms with Crippen LogP contribution in [0.25, 0.3) is 0 Å². The molecule has 0 radical (unpaired) electrons. The Morgan fingerprint density at radius 2 is 1.92 bits per heavy atom. The van der Waals surface area contributed by atoms with Gasteiger partial charge in [0.15, 0.2) is 5.71 Å². The minimum Gasteiger partial charge on any atom is -0.488 e. The van der Waals surface area contributed by atoms with Gasteiger partial charge in [0.2, 0.25) is 0 Å². The van der Waals surface area contributed by atoms with Gasteiger partial charge in [-0.3, -0.25) is 0 Å². The number of nitrogens with zero attached hydrogens (tertiary/aromatic N) is 1. The summed E-state index contributed by atoms with van der Waals surface area (Å²) in [6.45, 7) is 4.41. The van der Waals surface area contributed by atoms with E-state index in [9.17, 15) is 4.79 Å². The molecule has 0 spiro atoms. The van der Waals surface area contributed by atoms with Crippen LogP contribution < -0.4 is 4.74 Å². The zero-order chi connectivity index (χ0) is 19.3. The highest BCUT2D eigenvalue weighted by Crippen LogP contribution is 2.33. The molecule has 0 bridgehead atoms. The number of carbonyl (C=O) groups excluding carboxylic acids is 1. The molecule has 0 N–H and O–H groups in total. The number of halogens is 2. The Morgan fingerprint density at radius 1 is 1.23 bits per heavy atom. The maximum absolute atomic E-state index is 12.2. The van der Waals surface area contributed by atoms with Gasteiger partial charge in [0.05, 0.1) is 12.1 Å². The third-order valence-electron chi connectivity index (χ3n) is 4.22. The third-order valence-corrected chi connectivity index (χ3v) is 5.01. The summed E-state index contributed by atoms with van der Waals surface area (Å²) in [6, 6.07) is 5.43. The average Bonchev–Trinajstić information content (AvgIpc) is 2.61. The molecular weight excluding hydrogens is 422 g/mol. The predicted molar refractivity (Wildman–Crippen MR) is 106 cm³/mol. The number of rotatable bonds is 6. The Labute approximate surface area is 166 Å². The van der Waals surface area contributed by atoms with Crippen molar-refractivity contribution in [3.05, 3.63) is 50.0 Å². The topological polar surface area (TPSA) is 57.1 Å². The number of carbonyl (C=O) groups is 1. The molecule has 2 rings (SSSR count). The molecule has 1 aliphatic rings. The average molecular weight is 443 g/mol. The second-order valence-corrected chi connectivity index (χ2v) is 7.30. The van der Waals surface area contributed by atoms with E-state index < -0.39 is 5.97 Å². The Morgan fingerprint density at radius 3 is 2.54 bits per heavy atom. The summed E-state index contributed by atoms with van der Waals surface area (Å²) in [4.78, 5) is 17.0. The first-order valence-corrected chi connectivity index (χ1v) is 9.18. The molecule has 140 valence electrons. The lowest BCUT2D eigenvalue weighted by molar-refractivity contribution is -0.132. The van der Waals surface area contributed by atoms with E-state index in [4.69, 9.17) is 25.9 Å². The summed E-state index contributed by atoms with van der Waals surface area (Å²) in [7, 11) is 2.72. The summed E-state index contributed by atoms with van der Waals surface area (Å²) in [5.74, 6) is 0.0438. The van der Waals surface area contributed by atoms with Crippen LogP contribution in [-0.4, -0.2) is 32.5 Å². The first-order chi connectivity index (χ1) is 12.4. The van der Waals surface area contributed by atoms with E-state index in [0.29, 0.717) is 30.2 Å². The van der Waals surface area contributed by atoms with Gasteiger partial charge in [-0.1, -0.05) is 43.8 Å². The molecule has 26 heavy (non-hydrogen) atoms. The maximum Gasteiger partial charge on any atom is 0.360 e. The molecule has 0 aromatic heterocycles. The van der Waals surface area contributed by atoms with Gasteiger partial charge >= 0.3 is 5.97 Å². The van der Waals surface area contributed by atoms with Gasteiger partial charge in [0.25, 0.3) is 0 Å². The maximum atomic E-state index is 12.2. The number of hydrogen-bond acceptors (Lipinski definition) is 5. The highest BCUT2D eigenvalue weighted by molar-refractivity contribution is 9.10.